The molecule has 0 aliphatic heterocycles. The minimum atomic E-state index is 0. The second-order valence-electron chi connectivity index (χ2n) is 4.10. The van der Waals surface area contributed by atoms with Crippen LogP contribution in [0.25, 0.3) is 12.2 Å². The maximum absolute atomic E-state index is 3.99. The van der Waals surface area contributed by atoms with Crippen molar-refractivity contribution in [2.24, 2.45) is 0 Å². The first kappa shape index (κ1) is 17.5. The molecule has 0 saturated heterocycles. The van der Waals surface area contributed by atoms with Crippen molar-refractivity contribution in [3.05, 3.63) is 67.3 Å². The number of anilines is 1. The summed E-state index contributed by atoms with van der Waals surface area (Å²) in [5.41, 5.74) is 3.58. The van der Waals surface area contributed by atoms with Gasteiger partial charge in [-0.25, -0.2) is 0 Å². The van der Waals surface area contributed by atoms with Crippen molar-refractivity contribution >= 4 is 17.8 Å². The van der Waals surface area contributed by atoms with Crippen LogP contribution in [0.15, 0.2) is 48.8 Å². The van der Waals surface area contributed by atoms with E-state index in [9.17, 15) is 0 Å². The molecule has 0 amide bonds. The zero-order valence-electron chi connectivity index (χ0n) is 11.5. The van der Waals surface area contributed by atoms with Crippen LogP contribution in [0, 0.1) is 7.43 Å². The average Bonchev–Trinajstić information content (AvgIpc) is 2.38. The third-order valence-electron chi connectivity index (χ3n) is 2.58. The van der Waals surface area contributed by atoms with Gasteiger partial charge in [0.05, 0.1) is 0 Å². The van der Waals surface area contributed by atoms with Crippen LogP contribution >= 0.6 is 0 Å². The molecule has 1 heterocycles. The normalized spacial score (nSPS) is 9.58. The molecule has 0 aliphatic carbocycles. The fourth-order valence-electron chi connectivity index (χ4n) is 1.55. The SMILES string of the molecule is CN(C)c1ccc(C=Cc2ccncc2)cc1.[CH3+].[I-]. The van der Waals surface area contributed by atoms with Gasteiger partial charge in [-0.15, -0.1) is 0 Å². The van der Waals surface area contributed by atoms with E-state index >= 15 is 0 Å². The van der Waals surface area contributed by atoms with Crippen molar-refractivity contribution in [2.75, 3.05) is 19.0 Å². The monoisotopic (exact) mass is 366 g/mol. The number of hydrogen-bond acceptors (Lipinski definition) is 2. The van der Waals surface area contributed by atoms with E-state index in [4.69, 9.17) is 0 Å². The van der Waals surface area contributed by atoms with Gasteiger partial charge < -0.3 is 28.9 Å². The van der Waals surface area contributed by atoms with Crippen LogP contribution < -0.4 is 28.9 Å². The highest BCUT2D eigenvalue weighted by Crippen LogP contribution is 2.14. The number of pyridine rings is 1. The summed E-state index contributed by atoms with van der Waals surface area (Å²) in [5.74, 6) is 0. The third-order valence-corrected chi connectivity index (χ3v) is 2.58. The van der Waals surface area contributed by atoms with Crippen LogP contribution in [0.4, 0.5) is 5.69 Å². The van der Waals surface area contributed by atoms with Gasteiger partial charge in [0, 0.05) is 39.6 Å². The summed E-state index contributed by atoms with van der Waals surface area (Å²) in [6.07, 6.45) is 7.80. The number of hydrogen-bond donors (Lipinski definition) is 0. The Morgan fingerprint density at radius 1 is 0.842 bits per heavy atom. The standard InChI is InChI=1S/C15H16N2.CH3.HI/c1-17(2)15-7-5-13(6-8-15)3-4-14-9-11-16-12-10-14;;/h3-12H,1-2H3;1H3;1H/q;+1;/p-1. The Kier molecular flexibility index (Phi) is 7.91. The molecular formula is C16H19IN2. The van der Waals surface area contributed by atoms with Gasteiger partial charge in [-0.1, -0.05) is 24.3 Å². The van der Waals surface area contributed by atoms with Gasteiger partial charge in [-0.2, -0.15) is 0 Å². The van der Waals surface area contributed by atoms with Crippen molar-refractivity contribution in [2.45, 2.75) is 0 Å². The molecule has 2 nitrogen and oxygen atoms in total. The lowest BCUT2D eigenvalue weighted by atomic mass is 10.1. The van der Waals surface area contributed by atoms with Gasteiger partial charge in [-0.05, 0) is 35.4 Å². The highest BCUT2D eigenvalue weighted by Gasteiger charge is 1.93. The molecule has 0 fully saturated rings. The molecule has 2 aromatic rings. The molecule has 3 heteroatoms. The summed E-state index contributed by atoms with van der Waals surface area (Å²) < 4.78 is 0. The molecule has 0 unspecified atom stereocenters. The van der Waals surface area contributed by atoms with Crippen LogP contribution in [0.1, 0.15) is 11.1 Å². The second kappa shape index (κ2) is 8.58. The Morgan fingerprint density at radius 2 is 1.32 bits per heavy atom. The molecule has 0 N–H and O–H groups in total. The summed E-state index contributed by atoms with van der Waals surface area (Å²) >= 11 is 0. The summed E-state index contributed by atoms with van der Waals surface area (Å²) in [6, 6.07) is 12.5. The first-order valence-electron chi connectivity index (χ1n) is 5.61. The highest BCUT2D eigenvalue weighted by atomic mass is 127. The molecule has 0 saturated carbocycles. The predicted molar refractivity (Wildman–Crippen MR) is 80.3 cm³/mol. The molecule has 0 radical (unpaired) electrons. The molecular weight excluding hydrogens is 347 g/mol. The fourth-order valence-corrected chi connectivity index (χ4v) is 1.55. The summed E-state index contributed by atoms with van der Waals surface area (Å²) in [5, 5.41) is 0. The Labute approximate surface area is 133 Å². The molecule has 0 atom stereocenters. The van der Waals surface area contributed by atoms with E-state index in [1.54, 1.807) is 12.4 Å². The molecule has 2 rings (SSSR count). The van der Waals surface area contributed by atoms with Crippen LogP contribution in [-0.4, -0.2) is 19.1 Å². The second-order valence-corrected chi connectivity index (χ2v) is 4.10. The quantitative estimate of drug-likeness (QED) is 0.590. The lowest BCUT2D eigenvalue weighted by Gasteiger charge is -2.11. The lowest BCUT2D eigenvalue weighted by molar-refractivity contribution is -0.00000376. The van der Waals surface area contributed by atoms with E-state index in [1.165, 1.54) is 11.3 Å². The van der Waals surface area contributed by atoms with E-state index in [2.05, 4.69) is 46.3 Å². The molecule has 1 aromatic heterocycles. The predicted octanol–water partition coefficient (Wildman–Crippen LogP) is 0.772. The molecule has 100 valence electrons. The molecule has 0 aliphatic rings. The molecule has 1 aromatic carbocycles. The van der Waals surface area contributed by atoms with Gasteiger partial charge in [0.15, 0.2) is 0 Å². The van der Waals surface area contributed by atoms with Crippen molar-refractivity contribution < 1.29 is 24.0 Å². The Bertz CT molecular complexity index is 490. The largest absolute Gasteiger partial charge is 1.00 e. The molecule has 0 bridgehead atoms. The van der Waals surface area contributed by atoms with Crippen LogP contribution in [-0.2, 0) is 0 Å². The van der Waals surface area contributed by atoms with Gasteiger partial charge in [0.2, 0.25) is 0 Å². The van der Waals surface area contributed by atoms with Gasteiger partial charge in [0.25, 0.3) is 0 Å². The zero-order chi connectivity index (χ0) is 12.1. The maximum atomic E-state index is 3.99. The summed E-state index contributed by atoms with van der Waals surface area (Å²) in [7, 11) is 4.09. The van der Waals surface area contributed by atoms with Gasteiger partial charge in [-0.3, -0.25) is 4.98 Å². The number of halogens is 1. The van der Waals surface area contributed by atoms with E-state index in [0.717, 1.165) is 5.56 Å². The lowest BCUT2D eigenvalue weighted by Crippen LogP contribution is -3.00. The van der Waals surface area contributed by atoms with Crippen LogP contribution in [0.5, 0.6) is 0 Å². The number of rotatable bonds is 3. The third kappa shape index (κ3) is 5.34. The van der Waals surface area contributed by atoms with Crippen molar-refractivity contribution in [3.63, 3.8) is 0 Å². The van der Waals surface area contributed by atoms with E-state index in [1.807, 2.05) is 26.2 Å². The Balaban J connectivity index is 0.00000162. The topological polar surface area (TPSA) is 16.1 Å². The smallest absolute Gasteiger partial charge is 0.0467 e. The van der Waals surface area contributed by atoms with Gasteiger partial charge in [0.1, 0.15) is 0 Å². The Morgan fingerprint density at radius 3 is 1.79 bits per heavy atom. The summed E-state index contributed by atoms with van der Waals surface area (Å²) in [6.45, 7) is 0. The fraction of sp³-hybridized carbons (Fsp3) is 0.125. The number of nitrogens with zero attached hydrogens (tertiary/aromatic N) is 2. The maximum Gasteiger partial charge on any atom is 0.0467 e. The zero-order valence-corrected chi connectivity index (χ0v) is 13.7. The highest BCUT2D eigenvalue weighted by molar-refractivity contribution is 5.70. The summed E-state index contributed by atoms with van der Waals surface area (Å²) in [4.78, 5) is 6.09. The number of aromatic nitrogens is 1. The van der Waals surface area contributed by atoms with E-state index in [0.29, 0.717) is 0 Å². The minimum absolute atomic E-state index is 0. The van der Waals surface area contributed by atoms with E-state index < -0.39 is 0 Å². The Hall–Kier alpha value is -1.49. The van der Waals surface area contributed by atoms with E-state index in [-0.39, 0.29) is 31.4 Å². The van der Waals surface area contributed by atoms with Crippen molar-refractivity contribution in [1.29, 1.82) is 0 Å². The van der Waals surface area contributed by atoms with Crippen LogP contribution in [0.2, 0.25) is 0 Å². The minimum Gasteiger partial charge on any atom is -1.00 e. The average molecular weight is 366 g/mol. The first-order chi connectivity index (χ1) is 8.25. The molecule has 0 spiro atoms. The number of benzene rings is 1. The van der Waals surface area contributed by atoms with Crippen LogP contribution in [0.3, 0.4) is 0 Å². The van der Waals surface area contributed by atoms with Gasteiger partial charge >= 0.3 is 0 Å². The van der Waals surface area contributed by atoms with Crippen molar-refractivity contribution in [3.8, 4) is 0 Å². The van der Waals surface area contributed by atoms with Crippen molar-refractivity contribution in [1.82, 2.24) is 4.98 Å². The molecule has 19 heavy (non-hydrogen) atoms. The first-order valence-corrected chi connectivity index (χ1v) is 5.61.